The molecule has 0 saturated heterocycles. The molecular formula is C19H28F2N2O5S. The molecule has 1 amide bonds. The number of rotatable bonds is 12. The van der Waals surface area contributed by atoms with Gasteiger partial charge in [-0.05, 0) is 37.5 Å². The zero-order valence-corrected chi connectivity index (χ0v) is 17.7. The Morgan fingerprint density at radius 3 is 2.41 bits per heavy atom. The lowest BCUT2D eigenvalue weighted by atomic mass is 10.0. The Balaban J connectivity index is 2.31. The topological polar surface area (TPSA) is 102 Å². The Labute approximate surface area is 170 Å². The van der Waals surface area contributed by atoms with Gasteiger partial charge in [-0.1, -0.05) is 26.7 Å². The number of carbonyl (C=O) groups excluding carboxylic acids is 2. The number of halogens is 2. The van der Waals surface area contributed by atoms with Gasteiger partial charge >= 0.3 is 5.97 Å². The molecule has 10 heteroatoms. The third-order valence-electron chi connectivity index (χ3n) is 4.01. The summed E-state index contributed by atoms with van der Waals surface area (Å²) < 4.78 is 56.9. The lowest BCUT2D eigenvalue weighted by Crippen LogP contribution is -2.36. The third-order valence-corrected chi connectivity index (χ3v) is 5.47. The summed E-state index contributed by atoms with van der Waals surface area (Å²) in [5.41, 5.74) is 0. The van der Waals surface area contributed by atoms with Gasteiger partial charge in [0.15, 0.2) is 18.2 Å². The first-order valence-electron chi connectivity index (χ1n) is 9.41. The molecule has 1 aromatic rings. The maximum atomic E-state index is 13.2. The van der Waals surface area contributed by atoms with Crippen LogP contribution in [0.15, 0.2) is 23.1 Å². The van der Waals surface area contributed by atoms with Crippen LogP contribution in [-0.4, -0.2) is 39.5 Å². The summed E-state index contributed by atoms with van der Waals surface area (Å²) in [4.78, 5) is 23.0. The SMILES string of the molecule is CC(C)CCCC(C)NC(=O)COC(=O)CCNS(=O)(=O)c1ccc(F)c(F)c1. The van der Waals surface area contributed by atoms with Crippen LogP contribution < -0.4 is 10.0 Å². The van der Waals surface area contributed by atoms with Gasteiger partial charge in [-0.2, -0.15) is 0 Å². The second kappa shape index (κ2) is 11.8. The minimum absolute atomic E-state index is 0.0390. The van der Waals surface area contributed by atoms with Crippen LogP contribution in [-0.2, 0) is 24.3 Å². The Morgan fingerprint density at radius 2 is 1.79 bits per heavy atom. The van der Waals surface area contributed by atoms with Gasteiger partial charge in [0.2, 0.25) is 10.0 Å². The van der Waals surface area contributed by atoms with Crippen molar-refractivity contribution >= 4 is 21.9 Å². The average Bonchev–Trinajstić information content (AvgIpc) is 2.61. The summed E-state index contributed by atoms with van der Waals surface area (Å²) >= 11 is 0. The van der Waals surface area contributed by atoms with E-state index in [-0.39, 0.29) is 19.0 Å². The van der Waals surface area contributed by atoms with Crippen molar-refractivity contribution in [1.82, 2.24) is 10.0 Å². The Bertz CT molecular complexity index is 800. The molecule has 1 rings (SSSR count). The molecule has 0 aliphatic heterocycles. The number of hydrogen-bond acceptors (Lipinski definition) is 5. The van der Waals surface area contributed by atoms with Crippen LogP contribution in [0.1, 0.15) is 46.5 Å². The van der Waals surface area contributed by atoms with E-state index in [1.807, 2.05) is 6.92 Å². The number of carbonyl (C=O) groups is 2. The van der Waals surface area contributed by atoms with Gasteiger partial charge in [-0.3, -0.25) is 9.59 Å². The number of ether oxygens (including phenoxy) is 1. The summed E-state index contributed by atoms with van der Waals surface area (Å²) in [7, 11) is -4.10. The highest BCUT2D eigenvalue weighted by Gasteiger charge is 2.17. The lowest BCUT2D eigenvalue weighted by molar-refractivity contribution is -0.148. The minimum atomic E-state index is -4.10. The van der Waals surface area contributed by atoms with Crippen molar-refractivity contribution in [3.63, 3.8) is 0 Å². The Morgan fingerprint density at radius 1 is 1.10 bits per heavy atom. The van der Waals surface area contributed by atoms with E-state index in [0.29, 0.717) is 18.1 Å². The van der Waals surface area contributed by atoms with Crippen molar-refractivity contribution in [3.8, 4) is 0 Å². The van der Waals surface area contributed by atoms with Crippen LogP contribution in [0.5, 0.6) is 0 Å². The molecule has 1 unspecified atom stereocenters. The van der Waals surface area contributed by atoms with Crippen molar-refractivity contribution in [2.24, 2.45) is 5.92 Å². The zero-order chi connectivity index (χ0) is 22.0. The highest BCUT2D eigenvalue weighted by atomic mass is 32.2. The van der Waals surface area contributed by atoms with Crippen LogP contribution in [0, 0.1) is 17.6 Å². The fraction of sp³-hybridized carbons (Fsp3) is 0.579. The second-order valence-electron chi connectivity index (χ2n) is 7.18. The van der Waals surface area contributed by atoms with Gasteiger partial charge in [-0.15, -0.1) is 0 Å². The molecule has 0 heterocycles. The highest BCUT2D eigenvalue weighted by Crippen LogP contribution is 2.13. The fourth-order valence-electron chi connectivity index (χ4n) is 2.45. The van der Waals surface area contributed by atoms with E-state index in [4.69, 9.17) is 4.74 Å². The largest absolute Gasteiger partial charge is 0.456 e. The van der Waals surface area contributed by atoms with E-state index in [0.717, 1.165) is 25.3 Å². The molecule has 1 atom stereocenters. The summed E-state index contributed by atoms with van der Waals surface area (Å²) in [5, 5.41) is 2.73. The number of benzene rings is 1. The molecule has 0 aliphatic carbocycles. The number of nitrogens with one attached hydrogen (secondary N) is 2. The third kappa shape index (κ3) is 9.80. The molecule has 0 radical (unpaired) electrons. The smallest absolute Gasteiger partial charge is 0.307 e. The van der Waals surface area contributed by atoms with Crippen molar-refractivity contribution in [1.29, 1.82) is 0 Å². The van der Waals surface area contributed by atoms with E-state index in [9.17, 15) is 26.8 Å². The van der Waals surface area contributed by atoms with Crippen molar-refractivity contribution in [3.05, 3.63) is 29.8 Å². The first-order chi connectivity index (χ1) is 13.5. The minimum Gasteiger partial charge on any atom is -0.456 e. The van der Waals surface area contributed by atoms with E-state index >= 15 is 0 Å². The predicted octanol–water partition coefficient (Wildman–Crippen LogP) is 2.51. The zero-order valence-electron chi connectivity index (χ0n) is 16.8. The van der Waals surface area contributed by atoms with Crippen LogP contribution in [0.25, 0.3) is 0 Å². The van der Waals surface area contributed by atoms with Crippen molar-refractivity contribution in [2.45, 2.75) is 57.4 Å². The summed E-state index contributed by atoms with van der Waals surface area (Å²) in [6, 6.07) is 2.11. The molecule has 0 bridgehead atoms. The van der Waals surface area contributed by atoms with E-state index in [2.05, 4.69) is 23.9 Å². The molecule has 164 valence electrons. The van der Waals surface area contributed by atoms with Gasteiger partial charge < -0.3 is 10.1 Å². The van der Waals surface area contributed by atoms with Gasteiger partial charge in [0.1, 0.15) is 0 Å². The maximum absolute atomic E-state index is 13.2. The number of amides is 1. The number of hydrogen-bond donors (Lipinski definition) is 2. The molecule has 29 heavy (non-hydrogen) atoms. The van der Waals surface area contributed by atoms with Crippen molar-refractivity contribution in [2.75, 3.05) is 13.2 Å². The summed E-state index contributed by atoms with van der Waals surface area (Å²) in [5.74, 6) is -3.06. The molecule has 0 saturated carbocycles. The summed E-state index contributed by atoms with van der Waals surface area (Å²) in [6.07, 6.45) is 2.55. The molecule has 0 aliphatic rings. The quantitative estimate of drug-likeness (QED) is 0.492. The van der Waals surface area contributed by atoms with E-state index in [1.54, 1.807) is 0 Å². The first kappa shape index (κ1) is 25.0. The van der Waals surface area contributed by atoms with Crippen LogP contribution in [0.4, 0.5) is 8.78 Å². The van der Waals surface area contributed by atoms with E-state index < -0.39 is 45.0 Å². The van der Waals surface area contributed by atoms with Gasteiger partial charge in [-0.25, -0.2) is 21.9 Å². The van der Waals surface area contributed by atoms with Gasteiger partial charge in [0.25, 0.3) is 5.91 Å². The molecule has 7 nitrogen and oxygen atoms in total. The summed E-state index contributed by atoms with van der Waals surface area (Å²) in [6.45, 7) is 5.35. The average molecular weight is 435 g/mol. The maximum Gasteiger partial charge on any atom is 0.307 e. The lowest BCUT2D eigenvalue weighted by Gasteiger charge is -2.14. The Hall–Kier alpha value is -2.07. The first-order valence-corrected chi connectivity index (χ1v) is 10.9. The predicted molar refractivity (Wildman–Crippen MR) is 103 cm³/mol. The number of sulfonamides is 1. The molecular weight excluding hydrogens is 406 g/mol. The van der Waals surface area contributed by atoms with Crippen LogP contribution in [0.2, 0.25) is 0 Å². The van der Waals surface area contributed by atoms with Gasteiger partial charge in [0.05, 0.1) is 11.3 Å². The van der Waals surface area contributed by atoms with E-state index in [1.165, 1.54) is 0 Å². The fourth-order valence-corrected chi connectivity index (χ4v) is 3.50. The highest BCUT2D eigenvalue weighted by molar-refractivity contribution is 7.89. The van der Waals surface area contributed by atoms with Crippen molar-refractivity contribution < 1.29 is 31.5 Å². The van der Waals surface area contributed by atoms with Crippen LogP contribution in [0.3, 0.4) is 0 Å². The molecule has 0 fully saturated rings. The molecule has 0 spiro atoms. The normalized spacial score (nSPS) is 12.6. The second-order valence-corrected chi connectivity index (χ2v) is 8.94. The molecule has 2 N–H and O–H groups in total. The molecule has 0 aromatic heterocycles. The monoisotopic (exact) mass is 434 g/mol. The number of esters is 1. The van der Waals surface area contributed by atoms with Gasteiger partial charge in [0, 0.05) is 12.6 Å². The Kier molecular flexibility index (Phi) is 10.2. The standard InChI is InChI=1S/C19H28F2N2O5S/c1-13(2)5-4-6-14(3)23-18(24)12-28-19(25)9-10-22-29(26,27)15-7-8-16(20)17(21)11-15/h7-8,11,13-14,22H,4-6,9-10,12H2,1-3H3,(H,23,24). The molecule has 1 aromatic carbocycles. The van der Waals surface area contributed by atoms with Crippen LogP contribution >= 0.6 is 0 Å².